The van der Waals surface area contributed by atoms with E-state index in [0.717, 1.165) is 11.8 Å². The molecule has 0 amide bonds. The molecule has 0 bridgehead atoms. The molecule has 0 saturated heterocycles. The fraction of sp³-hybridized carbons (Fsp3) is 0.667. The van der Waals surface area contributed by atoms with E-state index in [0.29, 0.717) is 0 Å². The molecule has 100 valence electrons. The molecule has 0 nitrogen and oxygen atoms in total. The van der Waals surface area contributed by atoms with Gasteiger partial charge in [0.2, 0.25) is 0 Å². The molecule has 0 fully saturated rings. The molecule has 0 heterocycles. The first-order chi connectivity index (χ1) is 8.58. The van der Waals surface area contributed by atoms with Gasteiger partial charge in [0.25, 0.3) is 0 Å². The van der Waals surface area contributed by atoms with E-state index in [9.17, 15) is 0 Å². The summed E-state index contributed by atoms with van der Waals surface area (Å²) in [5.74, 6) is 1.64. The molecule has 0 heteroatoms. The Kier molecular flexibility index (Phi) is 4.48. The normalized spacial score (nSPS) is 30.4. The van der Waals surface area contributed by atoms with Crippen LogP contribution in [0.25, 0.3) is 0 Å². The molecule has 0 aliphatic heterocycles. The smallest absolute Gasteiger partial charge is 0.0163 e. The highest BCUT2D eigenvalue weighted by Crippen LogP contribution is 2.36. The van der Waals surface area contributed by atoms with E-state index in [4.69, 9.17) is 0 Å². The monoisotopic (exact) mass is 244 g/mol. The summed E-state index contributed by atoms with van der Waals surface area (Å²) < 4.78 is 0. The highest BCUT2D eigenvalue weighted by molar-refractivity contribution is 5.22. The van der Waals surface area contributed by atoms with Crippen LogP contribution in [-0.4, -0.2) is 0 Å². The summed E-state index contributed by atoms with van der Waals surface area (Å²) in [5, 5.41) is 0. The maximum Gasteiger partial charge on any atom is -0.0163 e. The predicted octanol–water partition coefficient (Wildman–Crippen LogP) is 5.82. The van der Waals surface area contributed by atoms with Crippen molar-refractivity contribution in [1.29, 1.82) is 0 Å². The maximum atomic E-state index is 2.42. The highest BCUT2D eigenvalue weighted by atomic mass is 14.3. The molecular formula is C18H28. The summed E-state index contributed by atoms with van der Waals surface area (Å²) in [6, 6.07) is 0. The molecule has 2 unspecified atom stereocenters. The first-order valence-electron chi connectivity index (χ1n) is 7.56. The largest absolute Gasteiger partial charge is 0.0856 e. The van der Waals surface area contributed by atoms with Crippen LogP contribution in [0.3, 0.4) is 0 Å². The Bertz CT molecular complexity index is 354. The molecule has 0 spiro atoms. The lowest BCUT2D eigenvalue weighted by Crippen LogP contribution is -2.14. The van der Waals surface area contributed by atoms with Crippen molar-refractivity contribution < 1.29 is 0 Å². The van der Waals surface area contributed by atoms with Crippen molar-refractivity contribution in [2.24, 2.45) is 11.8 Å². The van der Waals surface area contributed by atoms with Crippen molar-refractivity contribution in [1.82, 2.24) is 0 Å². The second-order valence-corrected chi connectivity index (χ2v) is 6.42. The van der Waals surface area contributed by atoms with E-state index in [1.165, 1.54) is 38.5 Å². The fourth-order valence-electron chi connectivity index (χ4n) is 3.59. The molecule has 18 heavy (non-hydrogen) atoms. The van der Waals surface area contributed by atoms with Gasteiger partial charge in [0, 0.05) is 0 Å². The van der Waals surface area contributed by atoms with E-state index >= 15 is 0 Å². The van der Waals surface area contributed by atoms with Crippen LogP contribution in [0, 0.1) is 11.8 Å². The summed E-state index contributed by atoms with van der Waals surface area (Å²) in [6.07, 6.45) is 12.7. The van der Waals surface area contributed by atoms with Crippen molar-refractivity contribution >= 4 is 0 Å². The van der Waals surface area contributed by atoms with Crippen molar-refractivity contribution in [3.05, 3.63) is 34.4 Å². The van der Waals surface area contributed by atoms with E-state index < -0.39 is 0 Å². The van der Waals surface area contributed by atoms with Gasteiger partial charge in [-0.15, -0.1) is 0 Å². The van der Waals surface area contributed by atoms with Gasteiger partial charge in [0.15, 0.2) is 0 Å². The number of allylic oxidation sites excluding steroid dienone is 6. The summed E-state index contributed by atoms with van der Waals surface area (Å²) in [5.41, 5.74) is 6.58. The zero-order valence-corrected chi connectivity index (χ0v) is 12.6. The average Bonchev–Trinajstić information content (AvgIpc) is 2.37. The van der Waals surface area contributed by atoms with E-state index in [2.05, 4.69) is 39.8 Å². The molecule has 2 rings (SSSR count). The van der Waals surface area contributed by atoms with Crippen molar-refractivity contribution in [2.45, 2.75) is 66.2 Å². The van der Waals surface area contributed by atoms with Crippen LogP contribution in [-0.2, 0) is 0 Å². The molecule has 0 aromatic carbocycles. The van der Waals surface area contributed by atoms with Crippen LogP contribution in [0.5, 0.6) is 0 Å². The van der Waals surface area contributed by atoms with Crippen LogP contribution in [0.1, 0.15) is 66.2 Å². The molecule has 2 aliphatic rings. The van der Waals surface area contributed by atoms with Gasteiger partial charge in [-0.2, -0.15) is 0 Å². The summed E-state index contributed by atoms with van der Waals surface area (Å²) in [7, 11) is 0. The van der Waals surface area contributed by atoms with Gasteiger partial charge in [-0.1, -0.05) is 34.4 Å². The molecule has 0 saturated carbocycles. The van der Waals surface area contributed by atoms with Gasteiger partial charge in [0.1, 0.15) is 0 Å². The fourth-order valence-corrected chi connectivity index (χ4v) is 3.59. The third kappa shape index (κ3) is 3.16. The Morgan fingerprint density at radius 3 is 1.56 bits per heavy atom. The Balaban J connectivity index is 2.09. The number of hydrogen-bond acceptors (Lipinski definition) is 0. The average molecular weight is 244 g/mol. The Morgan fingerprint density at radius 1 is 0.833 bits per heavy atom. The van der Waals surface area contributed by atoms with Gasteiger partial charge in [-0.3, -0.25) is 0 Å². The molecule has 2 atom stereocenters. The van der Waals surface area contributed by atoms with Crippen LogP contribution in [0.4, 0.5) is 0 Å². The van der Waals surface area contributed by atoms with Crippen LogP contribution in [0.15, 0.2) is 34.4 Å². The van der Waals surface area contributed by atoms with Gasteiger partial charge < -0.3 is 0 Å². The number of hydrogen-bond donors (Lipinski definition) is 0. The topological polar surface area (TPSA) is 0 Å². The van der Waals surface area contributed by atoms with E-state index in [1.54, 1.807) is 22.3 Å². The minimum atomic E-state index is 0.821. The Morgan fingerprint density at radius 2 is 1.22 bits per heavy atom. The van der Waals surface area contributed by atoms with E-state index in [-0.39, 0.29) is 0 Å². The molecule has 0 aromatic rings. The second kappa shape index (κ2) is 5.91. The third-order valence-electron chi connectivity index (χ3n) is 5.00. The summed E-state index contributed by atoms with van der Waals surface area (Å²) in [4.78, 5) is 0. The lowest BCUT2D eigenvalue weighted by atomic mass is 9.77. The SMILES string of the molecule is CC1=CCCC(C(C)=C(C)C2CCC=C(C)C2)C1. The minimum absolute atomic E-state index is 0.821. The quantitative estimate of drug-likeness (QED) is 0.537. The summed E-state index contributed by atoms with van der Waals surface area (Å²) in [6.45, 7) is 9.38. The molecular weight excluding hydrogens is 216 g/mol. The molecule has 2 aliphatic carbocycles. The molecule has 0 aromatic heterocycles. The first-order valence-corrected chi connectivity index (χ1v) is 7.56. The van der Waals surface area contributed by atoms with Crippen molar-refractivity contribution in [3.63, 3.8) is 0 Å². The number of rotatable bonds is 2. The zero-order valence-electron chi connectivity index (χ0n) is 12.6. The third-order valence-corrected chi connectivity index (χ3v) is 5.00. The minimum Gasteiger partial charge on any atom is -0.0856 e. The predicted molar refractivity (Wildman–Crippen MR) is 80.6 cm³/mol. The van der Waals surface area contributed by atoms with Crippen LogP contribution >= 0.6 is 0 Å². The van der Waals surface area contributed by atoms with Crippen molar-refractivity contribution in [2.75, 3.05) is 0 Å². The lowest BCUT2D eigenvalue weighted by Gasteiger charge is -2.29. The Hall–Kier alpha value is -0.780. The van der Waals surface area contributed by atoms with Crippen LogP contribution < -0.4 is 0 Å². The standard InChI is InChI=1S/C18H28/c1-13-7-5-9-17(11-13)15(3)16(4)18-10-6-8-14(2)12-18/h7-8,17-18H,5-6,9-12H2,1-4H3. The van der Waals surface area contributed by atoms with Gasteiger partial charge >= 0.3 is 0 Å². The first kappa shape index (κ1) is 13.6. The highest BCUT2D eigenvalue weighted by Gasteiger charge is 2.21. The van der Waals surface area contributed by atoms with Gasteiger partial charge in [0.05, 0.1) is 0 Å². The van der Waals surface area contributed by atoms with E-state index in [1.807, 2.05) is 0 Å². The maximum absolute atomic E-state index is 2.42. The van der Waals surface area contributed by atoms with Crippen molar-refractivity contribution in [3.8, 4) is 0 Å². The van der Waals surface area contributed by atoms with Gasteiger partial charge in [-0.05, 0) is 78.1 Å². The lowest BCUT2D eigenvalue weighted by molar-refractivity contribution is 0.490. The summed E-state index contributed by atoms with van der Waals surface area (Å²) >= 11 is 0. The molecule has 0 N–H and O–H groups in total. The zero-order chi connectivity index (χ0) is 13.1. The Labute approximate surface area is 113 Å². The molecule has 0 radical (unpaired) electrons. The van der Waals surface area contributed by atoms with Gasteiger partial charge in [-0.25, -0.2) is 0 Å². The second-order valence-electron chi connectivity index (χ2n) is 6.42. The van der Waals surface area contributed by atoms with Crippen LogP contribution in [0.2, 0.25) is 0 Å².